The summed E-state index contributed by atoms with van der Waals surface area (Å²) >= 11 is 0. The van der Waals surface area contributed by atoms with Crippen molar-refractivity contribution >= 4 is 17.6 Å². The highest BCUT2D eigenvalue weighted by molar-refractivity contribution is 6.04. The monoisotopic (exact) mass is 479 g/mol. The number of anilines is 1. The van der Waals surface area contributed by atoms with E-state index < -0.39 is 5.91 Å². The molecule has 2 amide bonds. The fourth-order valence-electron chi connectivity index (χ4n) is 5.66. The van der Waals surface area contributed by atoms with Crippen molar-refractivity contribution in [2.45, 2.75) is 44.1 Å². The van der Waals surface area contributed by atoms with Crippen LogP contribution in [0.2, 0.25) is 0 Å². The first kappa shape index (κ1) is 23.3. The van der Waals surface area contributed by atoms with Gasteiger partial charge in [0.25, 0.3) is 5.91 Å². The first-order chi connectivity index (χ1) is 17.0. The van der Waals surface area contributed by atoms with Crippen LogP contribution in [0.4, 0.5) is 5.82 Å². The van der Waals surface area contributed by atoms with Crippen molar-refractivity contribution in [2.75, 3.05) is 39.2 Å². The van der Waals surface area contributed by atoms with Gasteiger partial charge < -0.3 is 25.4 Å². The molecule has 1 saturated carbocycles. The third-order valence-corrected chi connectivity index (χ3v) is 7.58. The van der Waals surface area contributed by atoms with Crippen LogP contribution in [0.3, 0.4) is 0 Å². The molecule has 0 bridgehead atoms. The predicted octanol–water partition coefficient (Wildman–Crippen LogP) is 3.32. The number of primary amides is 1. The molecule has 3 N–H and O–H groups in total. The van der Waals surface area contributed by atoms with Gasteiger partial charge >= 0.3 is 0 Å². The second kappa shape index (κ2) is 9.28. The summed E-state index contributed by atoms with van der Waals surface area (Å²) in [4.78, 5) is 26.5. The van der Waals surface area contributed by atoms with Gasteiger partial charge in [-0.1, -0.05) is 6.58 Å². The highest BCUT2D eigenvalue weighted by Gasteiger charge is 2.37. The molecule has 1 aromatic carbocycles. The number of aromatic nitrogens is 2. The number of nitrogens with zero attached hydrogens (tertiary/aromatic N) is 3. The van der Waals surface area contributed by atoms with E-state index in [-0.39, 0.29) is 11.9 Å². The average molecular weight is 480 g/mol. The van der Waals surface area contributed by atoms with Gasteiger partial charge in [-0.25, -0.2) is 4.68 Å². The number of fused-ring (bicyclic) bond motifs is 1. The van der Waals surface area contributed by atoms with Gasteiger partial charge in [-0.2, -0.15) is 5.10 Å². The number of carbonyl (C=O) groups is 2. The largest absolute Gasteiger partial charge is 0.496 e. The van der Waals surface area contributed by atoms with E-state index >= 15 is 0 Å². The Morgan fingerprint density at radius 1 is 1.11 bits per heavy atom. The minimum atomic E-state index is -0.523. The lowest BCUT2D eigenvalue weighted by atomic mass is 9.87. The van der Waals surface area contributed by atoms with Gasteiger partial charge in [0, 0.05) is 30.8 Å². The fourth-order valence-corrected chi connectivity index (χ4v) is 5.66. The summed E-state index contributed by atoms with van der Waals surface area (Å²) in [5.41, 5.74) is 8.62. The zero-order valence-electron chi connectivity index (χ0n) is 20.4. The normalized spacial score (nSPS) is 20.1. The van der Waals surface area contributed by atoms with Gasteiger partial charge in [0.2, 0.25) is 5.91 Å². The summed E-state index contributed by atoms with van der Waals surface area (Å²) in [5, 5.41) is 8.32. The number of nitrogens with two attached hydrogens (primary N) is 1. The molecule has 0 unspecified atom stereocenters. The number of carbonyl (C=O) groups excluding carboxylic acids is 2. The minimum Gasteiger partial charge on any atom is -0.496 e. The van der Waals surface area contributed by atoms with Gasteiger partial charge in [0.15, 0.2) is 0 Å². The van der Waals surface area contributed by atoms with Crippen molar-refractivity contribution in [3.8, 4) is 22.8 Å². The maximum Gasteiger partial charge on any atom is 0.254 e. The van der Waals surface area contributed by atoms with Gasteiger partial charge in [0.1, 0.15) is 28.6 Å². The molecule has 2 aromatic rings. The third-order valence-electron chi connectivity index (χ3n) is 7.58. The summed E-state index contributed by atoms with van der Waals surface area (Å²) in [6.45, 7) is 5.73. The molecule has 2 fully saturated rings. The minimum absolute atomic E-state index is 0.0237. The zero-order chi connectivity index (χ0) is 24.7. The number of amides is 2. The summed E-state index contributed by atoms with van der Waals surface area (Å²) in [5.74, 6) is 2.38. The third kappa shape index (κ3) is 4.13. The van der Waals surface area contributed by atoms with Crippen LogP contribution in [0.5, 0.6) is 11.5 Å². The molecule has 3 heterocycles. The van der Waals surface area contributed by atoms with Crippen LogP contribution in [-0.2, 0) is 4.79 Å². The number of likely N-dealkylation sites (tertiary alicyclic amines) is 1. The first-order valence-corrected chi connectivity index (χ1v) is 12.3. The number of ether oxygens (including phenoxy) is 2. The first-order valence-electron chi connectivity index (χ1n) is 12.3. The van der Waals surface area contributed by atoms with E-state index in [1.165, 1.54) is 6.08 Å². The maximum atomic E-state index is 12.7. The highest BCUT2D eigenvalue weighted by atomic mass is 16.5. The van der Waals surface area contributed by atoms with Crippen LogP contribution in [0.15, 0.2) is 24.8 Å². The van der Waals surface area contributed by atoms with E-state index in [1.807, 2.05) is 21.7 Å². The summed E-state index contributed by atoms with van der Waals surface area (Å²) < 4.78 is 13.4. The Balaban J connectivity index is 1.53. The van der Waals surface area contributed by atoms with Crippen LogP contribution in [-0.4, -0.2) is 60.3 Å². The van der Waals surface area contributed by atoms with Crippen molar-refractivity contribution in [3.63, 3.8) is 0 Å². The fraction of sp³-hybridized carbons (Fsp3) is 0.500. The molecule has 1 atom stereocenters. The number of benzene rings is 1. The molecule has 186 valence electrons. The number of piperidine rings is 1. The Labute approximate surface area is 205 Å². The Morgan fingerprint density at radius 2 is 1.77 bits per heavy atom. The Kier molecular flexibility index (Phi) is 6.17. The van der Waals surface area contributed by atoms with E-state index in [1.54, 1.807) is 14.2 Å². The van der Waals surface area contributed by atoms with Crippen LogP contribution in [0.1, 0.15) is 60.0 Å². The number of nitrogens with one attached hydrogen (secondary N) is 1. The summed E-state index contributed by atoms with van der Waals surface area (Å²) in [6, 6.07) is 3.99. The van der Waals surface area contributed by atoms with E-state index in [4.69, 9.17) is 20.3 Å². The van der Waals surface area contributed by atoms with Crippen LogP contribution in [0.25, 0.3) is 11.3 Å². The van der Waals surface area contributed by atoms with Crippen LogP contribution < -0.4 is 20.5 Å². The quantitative estimate of drug-likeness (QED) is 0.589. The van der Waals surface area contributed by atoms with Crippen molar-refractivity contribution < 1.29 is 19.1 Å². The molecule has 1 aliphatic carbocycles. The lowest BCUT2D eigenvalue weighted by Gasteiger charge is -2.38. The Bertz CT molecular complexity index is 1140. The van der Waals surface area contributed by atoms with Gasteiger partial charge in [-0.15, -0.1) is 0 Å². The van der Waals surface area contributed by atoms with Crippen LogP contribution >= 0.6 is 0 Å². The van der Waals surface area contributed by atoms with Gasteiger partial charge in [-0.3, -0.25) is 9.59 Å². The van der Waals surface area contributed by atoms with E-state index in [2.05, 4.69) is 11.9 Å². The molecule has 9 heteroatoms. The average Bonchev–Trinajstić information content (AvgIpc) is 3.65. The Hall–Kier alpha value is -3.49. The molecule has 1 saturated heterocycles. The van der Waals surface area contributed by atoms with Gasteiger partial charge in [0.05, 0.1) is 20.3 Å². The highest BCUT2D eigenvalue weighted by Crippen LogP contribution is 2.50. The summed E-state index contributed by atoms with van der Waals surface area (Å²) in [7, 11) is 3.30. The number of hydrogen-bond donors (Lipinski definition) is 2. The SMILES string of the molecule is C=CC(=O)N1CCC([C@@H]2CCNc3c(C(N)=O)c(-c4cc(OC)c(C5CC5)c(OC)c4)nn32)CC1. The lowest BCUT2D eigenvalue weighted by molar-refractivity contribution is -0.127. The molecular formula is C26H33N5O4. The number of methoxy groups -OCH3 is 2. The Morgan fingerprint density at radius 3 is 2.31 bits per heavy atom. The second-order valence-electron chi connectivity index (χ2n) is 9.60. The smallest absolute Gasteiger partial charge is 0.254 e. The van der Waals surface area contributed by atoms with E-state index in [0.717, 1.165) is 61.3 Å². The number of rotatable bonds is 7. The molecule has 3 aliphatic rings. The maximum absolute atomic E-state index is 12.7. The molecule has 9 nitrogen and oxygen atoms in total. The van der Waals surface area contributed by atoms with Crippen molar-refractivity contribution in [1.29, 1.82) is 0 Å². The number of hydrogen-bond acceptors (Lipinski definition) is 6. The lowest BCUT2D eigenvalue weighted by Crippen LogP contribution is -2.41. The van der Waals surface area contributed by atoms with E-state index in [9.17, 15) is 9.59 Å². The van der Waals surface area contributed by atoms with Crippen molar-refractivity contribution in [1.82, 2.24) is 14.7 Å². The van der Waals surface area contributed by atoms with Gasteiger partial charge in [-0.05, 0) is 62.1 Å². The van der Waals surface area contributed by atoms with E-state index in [0.29, 0.717) is 42.0 Å². The van der Waals surface area contributed by atoms with Crippen LogP contribution in [0, 0.1) is 5.92 Å². The molecule has 0 spiro atoms. The van der Waals surface area contributed by atoms with Crippen molar-refractivity contribution in [3.05, 3.63) is 35.9 Å². The predicted molar refractivity (Wildman–Crippen MR) is 133 cm³/mol. The molecule has 0 radical (unpaired) electrons. The zero-order valence-corrected chi connectivity index (χ0v) is 20.4. The molecule has 2 aliphatic heterocycles. The second-order valence-corrected chi connectivity index (χ2v) is 9.60. The summed E-state index contributed by atoms with van der Waals surface area (Å²) in [6.07, 6.45) is 6.24. The standard InChI is InChI=1S/C26H33N5O4/c1-4-21(32)30-11-8-15(9-12-30)18-7-10-28-26-23(25(27)33)24(29-31(18)26)17-13-19(34-2)22(16-5-6-16)20(14-17)35-3/h4,13-16,18,28H,1,5-12H2,2-3H3,(H2,27,33)/t18-/m0/s1. The molecule has 1 aromatic heterocycles. The topological polar surface area (TPSA) is 112 Å². The molecule has 35 heavy (non-hydrogen) atoms. The molecular weight excluding hydrogens is 446 g/mol. The van der Waals surface area contributed by atoms with Crippen molar-refractivity contribution in [2.24, 2.45) is 11.7 Å². The molecule has 5 rings (SSSR count).